The van der Waals surface area contributed by atoms with Crippen molar-refractivity contribution in [2.45, 2.75) is 26.9 Å². The van der Waals surface area contributed by atoms with Gasteiger partial charge in [0, 0.05) is 32.3 Å². The summed E-state index contributed by atoms with van der Waals surface area (Å²) < 4.78 is 11.2. The normalized spacial score (nSPS) is 11.0. The Kier molecular flexibility index (Phi) is 8.83. The third kappa shape index (κ3) is 6.93. The third-order valence-electron chi connectivity index (χ3n) is 4.10. The summed E-state index contributed by atoms with van der Waals surface area (Å²) in [6.45, 7) is 6.96. The molecule has 148 valence electrons. The minimum Gasteiger partial charge on any atom is -0.491 e. The highest BCUT2D eigenvalue weighted by Gasteiger charge is 2.06. The molecule has 6 nitrogen and oxygen atoms in total. The lowest BCUT2D eigenvalue weighted by atomic mass is 10.1. The SMILES string of the molecule is CCOCCOc1cc(C)ccc1CNC(=NC)NCc1cccc(C#N)c1. The van der Waals surface area contributed by atoms with E-state index >= 15 is 0 Å². The van der Waals surface area contributed by atoms with Gasteiger partial charge in [-0.05, 0) is 43.2 Å². The molecule has 0 fully saturated rings. The Morgan fingerprint density at radius 2 is 1.93 bits per heavy atom. The molecule has 0 aliphatic carbocycles. The van der Waals surface area contributed by atoms with Gasteiger partial charge in [0.25, 0.3) is 0 Å². The molecule has 2 N–H and O–H groups in total. The zero-order valence-corrected chi connectivity index (χ0v) is 16.8. The van der Waals surface area contributed by atoms with Crippen LogP contribution in [0.1, 0.15) is 29.2 Å². The minimum atomic E-state index is 0.520. The van der Waals surface area contributed by atoms with Crippen LogP contribution in [0.3, 0.4) is 0 Å². The first kappa shape index (κ1) is 21.3. The molecule has 0 aliphatic heterocycles. The summed E-state index contributed by atoms with van der Waals surface area (Å²) >= 11 is 0. The summed E-state index contributed by atoms with van der Waals surface area (Å²) in [5.41, 5.74) is 3.87. The Morgan fingerprint density at radius 1 is 1.11 bits per heavy atom. The lowest BCUT2D eigenvalue weighted by Crippen LogP contribution is -2.36. The van der Waals surface area contributed by atoms with E-state index in [0.29, 0.717) is 44.4 Å². The van der Waals surface area contributed by atoms with E-state index < -0.39 is 0 Å². The number of aryl methyl sites for hydroxylation is 1. The van der Waals surface area contributed by atoms with Gasteiger partial charge < -0.3 is 20.1 Å². The molecule has 0 radical (unpaired) electrons. The second kappa shape index (κ2) is 11.6. The van der Waals surface area contributed by atoms with Crippen LogP contribution >= 0.6 is 0 Å². The highest BCUT2D eigenvalue weighted by molar-refractivity contribution is 5.79. The van der Waals surface area contributed by atoms with Gasteiger partial charge in [0.2, 0.25) is 0 Å². The van der Waals surface area contributed by atoms with Crippen molar-refractivity contribution in [2.75, 3.05) is 26.9 Å². The molecule has 0 heterocycles. The monoisotopic (exact) mass is 380 g/mol. The molecule has 2 aromatic carbocycles. The van der Waals surface area contributed by atoms with Crippen LogP contribution in [0.5, 0.6) is 5.75 Å². The predicted molar refractivity (Wildman–Crippen MR) is 111 cm³/mol. The van der Waals surface area contributed by atoms with Crippen LogP contribution in [0.4, 0.5) is 0 Å². The van der Waals surface area contributed by atoms with Crippen molar-refractivity contribution in [3.05, 3.63) is 64.7 Å². The van der Waals surface area contributed by atoms with Crippen molar-refractivity contribution in [1.29, 1.82) is 5.26 Å². The van der Waals surface area contributed by atoms with Crippen LogP contribution in [0, 0.1) is 18.3 Å². The molecule has 0 bridgehead atoms. The van der Waals surface area contributed by atoms with Crippen molar-refractivity contribution < 1.29 is 9.47 Å². The molecule has 0 saturated carbocycles. The number of hydrogen-bond donors (Lipinski definition) is 2. The number of rotatable bonds is 9. The maximum absolute atomic E-state index is 9.01. The molecule has 0 aliphatic rings. The van der Waals surface area contributed by atoms with Crippen molar-refractivity contribution >= 4 is 5.96 Å². The molecule has 0 atom stereocenters. The molecular formula is C22H28N4O2. The van der Waals surface area contributed by atoms with E-state index in [1.54, 1.807) is 13.1 Å². The Balaban J connectivity index is 1.92. The average Bonchev–Trinajstić information content (AvgIpc) is 2.72. The Labute approximate surface area is 167 Å². The molecular weight excluding hydrogens is 352 g/mol. The number of nitrogens with zero attached hydrogens (tertiary/aromatic N) is 2. The van der Waals surface area contributed by atoms with Crippen molar-refractivity contribution in [1.82, 2.24) is 10.6 Å². The van der Waals surface area contributed by atoms with Crippen LogP contribution in [0.2, 0.25) is 0 Å². The fraction of sp³-hybridized carbons (Fsp3) is 0.364. The Bertz CT molecular complexity index is 828. The summed E-state index contributed by atoms with van der Waals surface area (Å²) in [6, 6.07) is 15.8. The smallest absolute Gasteiger partial charge is 0.191 e. The first-order valence-electron chi connectivity index (χ1n) is 9.40. The average molecular weight is 380 g/mol. The summed E-state index contributed by atoms with van der Waals surface area (Å²) in [5.74, 6) is 1.53. The molecule has 6 heteroatoms. The van der Waals surface area contributed by atoms with E-state index in [2.05, 4.69) is 33.8 Å². The first-order chi connectivity index (χ1) is 13.7. The molecule has 0 saturated heterocycles. The quantitative estimate of drug-likeness (QED) is 0.397. The fourth-order valence-electron chi connectivity index (χ4n) is 2.63. The largest absolute Gasteiger partial charge is 0.491 e. The van der Waals surface area contributed by atoms with E-state index in [1.165, 1.54) is 0 Å². The van der Waals surface area contributed by atoms with Crippen LogP contribution in [-0.4, -0.2) is 32.8 Å². The van der Waals surface area contributed by atoms with Gasteiger partial charge in [-0.25, -0.2) is 0 Å². The van der Waals surface area contributed by atoms with Gasteiger partial charge in [0.1, 0.15) is 12.4 Å². The van der Waals surface area contributed by atoms with E-state index in [1.807, 2.05) is 38.1 Å². The van der Waals surface area contributed by atoms with E-state index in [0.717, 1.165) is 22.4 Å². The second-order valence-electron chi connectivity index (χ2n) is 6.25. The number of hydrogen-bond acceptors (Lipinski definition) is 4. The number of nitriles is 1. The van der Waals surface area contributed by atoms with Gasteiger partial charge in [-0.15, -0.1) is 0 Å². The molecule has 0 unspecified atom stereocenters. The van der Waals surface area contributed by atoms with Gasteiger partial charge in [0.05, 0.1) is 18.2 Å². The van der Waals surface area contributed by atoms with Crippen LogP contribution in [-0.2, 0) is 17.8 Å². The van der Waals surface area contributed by atoms with Gasteiger partial charge in [-0.1, -0.05) is 24.3 Å². The highest BCUT2D eigenvalue weighted by Crippen LogP contribution is 2.20. The highest BCUT2D eigenvalue weighted by atomic mass is 16.5. The van der Waals surface area contributed by atoms with E-state index in [9.17, 15) is 0 Å². The second-order valence-corrected chi connectivity index (χ2v) is 6.25. The van der Waals surface area contributed by atoms with Gasteiger partial charge in [-0.3, -0.25) is 4.99 Å². The molecule has 2 aromatic rings. The number of aliphatic imine (C=N–C) groups is 1. The zero-order valence-electron chi connectivity index (χ0n) is 16.8. The van der Waals surface area contributed by atoms with Crippen molar-refractivity contribution in [3.63, 3.8) is 0 Å². The molecule has 28 heavy (non-hydrogen) atoms. The van der Waals surface area contributed by atoms with Crippen molar-refractivity contribution in [3.8, 4) is 11.8 Å². The minimum absolute atomic E-state index is 0.520. The van der Waals surface area contributed by atoms with Crippen LogP contribution in [0.15, 0.2) is 47.5 Å². The lowest BCUT2D eigenvalue weighted by molar-refractivity contribution is 0.110. The Hall–Kier alpha value is -3.04. The molecule has 2 rings (SSSR count). The number of benzene rings is 2. The maximum atomic E-state index is 9.01. The van der Waals surface area contributed by atoms with Gasteiger partial charge >= 0.3 is 0 Å². The van der Waals surface area contributed by atoms with E-state index in [-0.39, 0.29) is 0 Å². The molecule has 0 spiro atoms. The number of guanidine groups is 1. The van der Waals surface area contributed by atoms with Crippen LogP contribution in [0.25, 0.3) is 0 Å². The maximum Gasteiger partial charge on any atom is 0.191 e. The van der Waals surface area contributed by atoms with Crippen molar-refractivity contribution in [2.24, 2.45) is 4.99 Å². The van der Waals surface area contributed by atoms with Crippen LogP contribution < -0.4 is 15.4 Å². The standard InChI is InChI=1S/C22H28N4O2/c1-4-27-10-11-28-21-12-17(2)8-9-20(21)16-26-22(24-3)25-15-19-7-5-6-18(13-19)14-23/h5-9,12-13H,4,10-11,15-16H2,1-3H3,(H2,24,25,26). The van der Waals surface area contributed by atoms with Gasteiger partial charge in [0.15, 0.2) is 5.96 Å². The third-order valence-corrected chi connectivity index (χ3v) is 4.10. The summed E-state index contributed by atoms with van der Waals surface area (Å²) in [5, 5.41) is 15.6. The first-order valence-corrected chi connectivity index (χ1v) is 9.40. The topological polar surface area (TPSA) is 78.7 Å². The molecule has 0 aromatic heterocycles. The summed E-state index contributed by atoms with van der Waals surface area (Å²) in [7, 11) is 1.73. The zero-order chi connectivity index (χ0) is 20.2. The Morgan fingerprint density at radius 3 is 2.68 bits per heavy atom. The lowest BCUT2D eigenvalue weighted by Gasteiger charge is -2.15. The number of nitrogens with one attached hydrogen (secondary N) is 2. The fourth-order valence-corrected chi connectivity index (χ4v) is 2.63. The van der Waals surface area contributed by atoms with E-state index in [4.69, 9.17) is 14.7 Å². The summed E-state index contributed by atoms with van der Waals surface area (Å²) in [4.78, 5) is 4.26. The molecule has 0 amide bonds. The number of ether oxygens (including phenoxy) is 2. The van der Waals surface area contributed by atoms with Gasteiger partial charge in [-0.2, -0.15) is 5.26 Å². The predicted octanol–water partition coefficient (Wildman–Crippen LogP) is 3.15. The summed E-state index contributed by atoms with van der Waals surface area (Å²) in [6.07, 6.45) is 0.